The maximum absolute atomic E-state index is 11.8. The molecule has 8 heteroatoms. The van der Waals surface area contributed by atoms with Gasteiger partial charge in [0.05, 0.1) is 0 Å². The fourth-order valence-electron chi connectivity index (χ4n) is 2.66. The summed E-state index contributed by atoms with van der Waals surface area (Å²) in [5, 5.41) is 0. The molecule has 0 aliphatic carbocycles. The number of aryl methyl sites for hydroxylation is 1. The molecule has 0 aromatic carbocycles. The van der Waals surface area contributed by atoms with Gasteiger partial charge >= 0.3 is 0 Å². The van der Waals surface area contributed by atoms with Crippen molar-refractivity contribution in [3.63, 3.8) is 0 Å². The number of carbonyl (C=O) groups excluding carboxylic acids is 1. The van der Waals surface area contributed by atoms with E-state index in [0.717, 1.165) is 30.5 Å². The Morgan fingerprint density at radius 2 is 1.91 bits per heavy atom. The molecule has 0 N–H and O–H groups in total. The molecule has 0 atom stereocenters. The van der Waals surface area contributed by atoms with Crippen LogP contribution >= 0.6 is 0 Å². The summed E-state index contributed by atoms with van der Waals surface area (Å²) in [6, 6.07) is 1.95. The van der Waals surface area contributed by atoms with Crippen LogP contribution in [0.25, 0.3) is 5.82 Å². The van der Waals surface area contributed by atoms with Crippen molar-refractivity contribution < 1.29 is 9.53 Å². The van der Waals surface area contributed by atoms with Gasteiger partial charge in [-0.05, 0) is 6.92 Å². The van der Waals surface area contributed by atoms with E-state index >= 15 is 0 Å². The number of anilines is 1. The highest BCUT2D eigenvalue weighted by molar-refractivity contribution is 5.77. The highest BCUT2D eigenvalue weighted by Crippen LogP contribution is 2.16. The molecule has 0 unspecified atom stereocenters. The molecule has 1 amide bonds. The minimum Gasteiger partial charge on any atom is -0.375 e. The van der Waals surface area contributed by atoms with E-state index in [4.69, 9.17) is 4.74 Å². The number of amides is 1. The van der Waals surface area contributed by atoms with Crippen molar-refractivity contribution >= 4 is 11.7 Å². The lowest BCUT2D eigenvalue weighted by Crippen LogP contribution is -2.50. The van der Waals surface area contributed by atoms with Crippen LogP contribution in [0.2, 0.25) is 0 Å². The second kappa shape index (κ2) is 6.74. The van der Waals surface area contributed by atoms with Gasteiger partial charge in [-0.3, -0.25) is 9.36 Å². The molecule has 3 rings (SSSR count). The van der Waals surface area contributed by atoms with Crippen molar-refractivity contribution in [1.82, 2.24) is 24.4 Å². The molecular formula is C15H20N6O2. The lowest BCUT2D eigenvalue weighted by atomic mass is 10.3. The summed E-state index contributed by atoms with van der Waals surface area (Å²) < 4.78 is 6.82. The molecule has 8 nitrogen and oxygen atoms in total. The molecule has 3 heterocycles. The van der Waals surface area contributed by atoms with E-state index in [1.807, 2.05) is 28.7 Å². The fraction of sp³-hybridized carbons (Fsp3) is 0.467. The molecule has 0 radical (unpaired) electrons. The van der Waals surface area contributed by atoms with Crippen LogP contribution in [-0.4, -0.2) is 70.2 Å². The minimum absolute atomic E-state index is 0.0320. The number of carbonyl (C=O) groups is 1. The monoisotopic (exact) mass is 316 g/mol. The summed E-state index contributed by atoms with van der Waals surface area (Å²) >= 11 is 0. The summed E-state index contributed by atoms with van der Waals surface area (Å²) in [7, 11) is 1.54. The van der Waals surface area contributed by atoms with Crippen LogP contribution in [-0.2, 0) is 9.53 Å². The molecule has 1 aliphatic heterocycles. The molecule has 1 saturated heterocycles. The number of methoxy groups -OCH3 is 1. The smallest absolute Gasteiger partial charge is 0.248 e. The first kappa shape index (κ1) is 15.4. The highest BCUT2D eigenvalue weighted by atomic mass is 16.5. The van der Waals surface area contributed by atoms with E-state index in [2.05, 4.69) is 19.9 Å². The third-order valence-electron chi connectivity index (χ3n) is 3.93. The molecule has 1 fully saturated rings. The van der Waals surface area contributed by atoms with E-state index in [-0.39, 0.29) is 12.5 Å². The first-order chi connectivity index (χ1) is 11.2. The van der Waals surface area contributed by atoms with Crippen molar-refractivity contribution in [2.24, 2.45) is 0 Å². The van der Waals surface area contributed by atoms with Gasteiger partial charge < -0.3 is 14.5 Å². The zero-order chi connectivity index (χ0) is 16.2. The van der Waals surface area contributed by atoms with Crippen molar-refractivity contribution in [3.8, 4) is 5.82 Å². The Labute approximate surface area is 134 Å². The summed E-state index contributed by atoms with van der Waals surface area (Å²) in [5.74, 6) is 2.57. The molecule has 0 saturated carbocycles. The van der Waals surface area contributed by atoms with Crippen molar-refractivity contribution in [3.05, 3.63) is 30.6 Å². The van der Waals surface area contributed by atoms with Crippen LogP contribution < -0.4 is 4.90 Å². The summed E-state index contributed by atoms with van der Waals surface area (Å²) in [5.41, 5.74) is 0. The first-order valence-corrected chi connectivity index (χ1v) is 7.53. The largest absolute Gasteiger partial charge is 0.375 e. The van der Waals surface area contributed by atoms with Gasteiger partial charge in [0.15, 0.2) is 0 Å². The van der Waals surface area contributed by atoms with Gasteiger partial charge in [0.25, 0.3) is 0 Å². The Hall–Kier alpha value is -2.48. The van der Waals surface area contributed by atoms with Gasteiger partial charge in [0.2, 0.25) is 5.91 Å². The lowest BCUT2D eigenvalue weighted by Gasteiger charge is -2.35. The number of aromatic nitrogens is 4. The average Bonchev–Trinajstić information content (AvgIpc) is 3.01. The van der Waals surface area contributed by atoms with Gasteiger partial charge in [-0.15, -0.1) is 0 Å². The second-order valence-electron chi connectivity index (χ2n) is 5.38. The zero-order valence-corrected chi connectivity index (χ0v) is 13.3. The Bertz CT molecular complexity index is 678. The standard InChI is InChI=1S/C15H20N6O2/c1-12-16-3-4-21(12)14-9-13(17-11-18-14)19-5-7-20(8-6-19)15(22)10-23-2/h3-4,9,11H,5-8,10H2,1-2H3. The van der Waals surface area contributed by atoms with Crippen LogP contribution in [0, 0.1) is 6.92 Å². The van der Waals surface area contributed by atoms with Gasteiger partial charge in [-0.2, -0.15) is 0 Å². The Balaban J connectivity index is 1.70. The van der Waals surface area contributed by atoms with Crippen molar-refractivity contribution in [2.45, 2.75) is 6.92 Å². The van der Waals surface area contributed by atoms with Crippen LogP contribution in [0.3, 0.4) is 0 Å². The summed E-state index contributed by atoms with van der Waals surface area (Å²) in [6.45, 7) is 4.90. The lowest BCUT2D eigenvalue weighted by molar-refractivity contribution is -0.135. The summed E-state index contributed by atoms with van der Waals surface area (Å²) in [6.07, 6.45) is 5.19. The number of hydrogen-bond donors (Lipinski definition) is 0. The quantitative estimate of drug-likeness (QED) is 0.806. The third kappa shape index (κ3) is 3.31. The second-order valence-corrected chi connectivity index (χ2v) is 5.38. The molecule has 23 heavy (non-hydrogen) atoms. The van der Waals surface area contributed by atoms with Gasteiger partial charge in [-0.1, -0.05) is 0 Å². The molecule has 2 aromatic rings. The van der Waals surface area contributed by atoms with Gasteiger partial charge in [-0.25, -0.2) is 15.0 Å². The van der Waals surface area contributed by atoms with E-state index in [9.17, 15) is 4.79 Å². The van der Waals surface area contributed by atoms with Crippen molar-refractivity contribution in [1.29, 1.82) is 0 Å². The molecule has 0 spiro atoms. The SMILES string of the molecule is COCC(=O)N1CCN(c2cc(-n3ccnc3C)ncn2)CC1. The number of piperazine rings is 1. The predicted molar refractivity (Wildman–Crippen MR) is 84.6 cm³/mol. The van der Waals surface area contributed by atoms with E-state index in [1.165, 1.54) is 7.11 Å². The number of imidazole rings is 1. The minimum atomic E-state index is 0.0320. The van der Waals surface area contributed by atoms with E-state index in [0.29, 0.717) is 13.1 Å². The molecular weight excluding hydrogens is 296 g/mol. The molecule has 0 bridgehead atoms. The van der Waals surface area contributed by atoms with Gasteiger partial charge in [0.1, 0.15) is 30.4 Å². The van der Waals surface area contributed by atoms with Gasteiger partial charge in [0, 0.05) is 51.7 Å². The Morgan fingerprint density at radius 3 is 2.57 bits per heavy atom. The van der Waals surface area contributed by atoms with Crippen LogP contribution in [0.5, 0.6) is 0 Å². The highest BCUT2D eigenvalue weighted by Gasteiger charge is 2.22. The predicted octanol–water partition coefficient (Wildman–Crippen LogP) is 0.266. The number of hydrogen-bond acceptors (Lipinski definition) is 6. The van der Waals surface area contributed by atoms with E-state index in [1.54, 1.807) is 12.5 Å². The Kier molecular flexibility index (Phi) is 4.52. The first-order valence-electron chi connectivity index (χ1n) is 7.53. The zero-order valence-electron chi connectivity index (χ0n) is 13.3. The fourth-order valence-corrected chi connectivity index (χ4v) is 2.66. The van der Waals surface area contributed by atoms with E-state index < -0.39 is 0 Å². The average molecular weight is 316 g/mol. The molecule has 122 valence electrons. The van der Waals surface area contributed by atoms with Crippen LogP contribution in [0.4, 0.5) is 5.82 Å². The Morgan fingerprint density at radius 1 is 1.17 bits per heavy atom. The third-order valence-corrected chi connectivity index (χ3v) is 3.93. The molecule has 1 aliphatic rings. The maximum Gasteiger partial charge on any atom is 0.248 e. The number of ether oxygens (including phenoxy) is 1. The van der Waals surface area contributed by atoms with Crippen LogP contribution in [0.1, 0.15) is 5.82 Å². The topological polar surface area (TPSA) is 76.4 Å². The molecule has 2 aromatic heterocycles. The number of nitrogens with zero attached hydrogens (tertiary/aromatic N) is 6. The van der Waals surface area contributed by atoms with Crippen LogP contribution in [0.15, 0.2) is 24.8 Å². The summed E-state index contributed by atoms with van der Waals surface area (Å²) in [4.78, 5) is 28.7. The normalized spacial score (nSPS) is 15.0. The van der Waals surface area contributed by atoms with Crippen molar-refractivity contribution in [2.75, 3.05) is 44.8 Å². The maximum atomic E-state index is 11.8. The number of rotatable bonds is 4.